The molecule has 1 unspecified atom stereocenters. The Morgan fingerprint density at radius 2 is 2.03 bits per heavy atom. The molecule has 6 rings (SSSR count). The van der Waals surface area contributed by atoms with Gasteiger partial charge in [0.1, 0.15) is 11.4 Å². The van der Waals surface area contributed by atoms with Crippen LogP contribution in [0.1, 0.15) is 18.4 Å². The number of pyridine rings is 1. The third-order valence-corrected chi connectivity index (χ3v) is 7.18. The summed E-state index contributed by atoms with van der Waals surface area (Å²) in [6.45, 7) is 3.81. The van der Waals surface area contributed by atoms with E-state index in [4.69, 9.17) is 16.3 Å². The number of aromatic amines is 1. The largest absolute Gasteiger partial charge is 0.479 e. The number of benzene rings is 1. The fraction of sp³-hybridized carbons (Fsp3) is 0.391. The van der Waals surface area contributed by atoms with Crippen molar-refractivity contribution in [2.45, 2.75) is 25.4 Å². The van der Waals surface area contributed by atoms with Gasteiger partial charge in [0.05, 0.1) is 0 Å². The number of nitrogens with zero attached hydrogens (tertiary/aromatic N) is 2. The number of H-pyrrole nitrogens is 1. The molecular weight excluding hydrogens is 400 g/mol. The predicted octanol–water partition coefficient (Wildman–Crippen LogP) is 3.40. The Kier molecular flexibility index (Phi) is 4.08. The van der Waals surface area contributed by atoms with E-state index < -0.39 is 6.10 Å². The van der Waals surface area contributed by atoms with E-state index in [2.05, 4.69) is 15.3 Å². The number of nitrogens with one attached hydrogen (secondary N) is 2. The number of halogens is 1. The number of amides is 1. The second-order valence-electron chi connectivity index (χ2n) is 8.78. The summed E-state index contributed by atoms with van der Waals surface area (Å²) in [5.41, 5.74) is 4.15. The van der Waals surface area contributed by atoms with Crippen molar-refractivity contribution >= 4 is 28.5 Å². The fourth-order valence-electron chi connectivity index (χ4n) is 5.10. The summed E-state index contributed by atoms with van der Waals surface area (Å²) in [7, 11) is 0. The minimum Gasteiger partial charge on any atom is -0.479 e. The van der Waals surface area contributed by atoms with Gasteiger partial charge in [-0.05, 0) is 48.1 Å². The van der Waals surface area contributed by atoms with Crippen LogP contribution in [-0.4, -0.2) is 53.1 Å². The average Bonchev–Trinajstić information content (AvgIpc) is 3.38. The molecule has 154 valence electrons. The van der Waals surface area contributed by atoms with Crippen LogP contribution in [0.2, 0.25) is 5.02 Å². The van der Waals surface area contributed by atoms with Crippen molar-refractivity contribution in [3.8, 4) is 16.9 Å². The molecule has 1 aromatic carbocycles. The van der Waals surface area contributed by atoms with Crippen molar-refractivity contribution in [3.05, 3.63) is 47.2 Å². The van der Waals surface area contributed by atoms with Crippen molar-refractivity contribution in [1.82, 2.24) is 20.2 Å². The zero-order valence-electron chi connectivity index (χ0n) is 16.6. The Morgan fingerprint density at radius 1 is 1.20 bits per heavy atom. The predicted molar refractivity (Wildman–Crippen MR) is 116 cm³/mol. The van der Waals surface area contributed by atoms with Crippen LogP contribution in [0.15, 0.2) is 36.7 Å². The van der Waals surface area contributed by atoms with Gasteiger partial charge in [-0.15, -0.1) is 0 Å². The molecule has 5 heterocycles. The standard InChI is InChI=1S/C23H23ClN4O2/c24-15-9-14-10-19(22(29)28-7-3-23(4-8-28)12-25-13-23)30-20(14)18(11-15)16-1-5-26-21-17(16)2-6-27-21/h1-2,5-6,9,11,19,25H,3-4,7-8,10,12-13H2,(H,26,27). The SMILES string of the molecule is O=C(C1Cc2cc(Cl)cc(-c3ccnc4[nH]ccc34)c2O1)N1CCC2(CC1)CNC2. The van der Waals surface area contributed by atoms with E-state index >= 15 is 0 Å². The lowest BCUT2D eigenvalue weighted by molar-refractivity contribution is -0.140. The van der Waals surface area contributed by atoms with Crippen LogP contribution in [-0.2, 0) is 11.2 Å². The second-order valence-corrected chi connectivity index (χ2v) is 9.22. The van der Waals surface area contributed by atoms with Crippen molar-refractivity contribution < 1.29 is 9.53 Å². The number of hydrogen-bond acceptors (Lipinski definition) is 4. The van der Waals surface area contributed by atoms with Gasteiger partial charge in [-0.25, -0.2) is 4.98 Å². The number of likely N-dealkylation sites (tertiary alicyclic amines) is 1. The van der Waals surface area contributed by atoms with Crippen molar-refractivity contribution in [2.75, 3.05) is 26.2 Å². The molecule has 1 atom stereocenters. The van der Waals surface area contributed by atoms with Crippen LogP contribution < -0.4 is 10.1 Å². The van der Waals surface area contributed by atoms with E-state index in [0.29, 0.717) is 16.9 Å². The first kappa shape index (κ1) is 18.2. The third kappa shape index (κ3) is 2.81. The van der Waals surface area contributed by atoms with Crippen LogP contribution in [0.4, 0.5) is 0 Å². The van der Waals surface area contributed by atoms with Crippen LogP contribution in [0, 0.1) is 5.41 Å². The fourth-order valence-corrected chi connectivity index (χ4v) is 5.34. The summed E-state index contributed by atoms with van der Waals surface area (Å²) in [5.74, 6) is 0.861. The average molecular weight is 423 g/mol. The Bertz CT molecular complexity index is 1140. The normalized spacial score (nSPS) is 22.0. The number of piperidine rings is 1. The minimum atomic E-state index is -0.477. The van der Waals surface area contributed by atoms with E-state index in [0.717, 1.165) is 72.5 Å². The van der Waals surface area contributed by atoms with E-state index in [1.165, 1.54) is 0 Å². The molecule has 0 bridgehead atoms. The van der Waals surface area contributed by atoms with Gasteiger partial charge in [0.25, 0.3) is 5.91 Å². The third-order valence-electron chi connectivity index (χ3n) is 6.96. The molecule has 0 aliphatic carbocycles. The van der Waals surface area contributed by atoms with Gasteiger partial charge in [-0.1, -0.05) is 11.6 Å². The molecular formula is C23H23ClN4O2. The summed E-state index contributed by atoms with van der Waals surface area (Å²) < 4.78 is 6.29. The number of ether oxygens (including phenoxy) is 1. The summed E-state index contributed by atoms with van der Waals surface area (Å²) in [6.07, 6.45) is 5.88. The Morgan fingerprint density at radius 3 is 2.80 bits per heavy atom. The molecule has 2 saturated heterocycles. The van der Waals surface area contributed by atoms with Crippen molar-refractivity contribution in [2.24, 2.45) is 5.41 Å². The van der Waals surface area contributed by atoms with Gasteiger partial charge < -0.3 is 19.9 Å². The Labute approximate surface area is 179 Å². The zero-order valence-corrected chi connectivity index (χ0v) is 17.3. The quantitative estimate of drug-likeness (QED) is 0.664. The maximum Gasteiger partial charge on any atom is 0.263 e. The molecule has 3 aliphatic rings. The first-order valence-corrected chi connectivity index (χ1v) is 10.9. The first-order chi connectivity index (χ1) is 14.6. The van der Waals surface area contributed by atoms with Crippen LogP contribution in [0.25, 0.3) is 22.2 Å². The molecule has 3 aliphatic heterocycles. The lowest BCUT2D eigenvalue weighted by Crippen LogP contribution is -2.59. The zero-order chi connectivity index (χ0) is 20.3. The second kappa shape index (κ2) is 6.72. The van der Waals surface area contributed by atoms with Gasteiger partial charge in [-0.2, -0.15) is 0 Å². The summed E-state index contributed by atoms with van der Waals surface area (Å²) in [4.78, 5) is 22.7. The molecule has 0 radical (unpaired) electrons. The van der Waals surface area contributed by atoms with Crippen LogP contribution >= 0.6 is 11.6 Å². The van der Waals surface area contributed by atoms with Crippen molar-refractivity contribution in [1.29, 1.82) is 0 Å². The lowest BCUT2D eigenvalue weighted by atomic mass is 9.73. The van der Waals surface area contributed by atoms with Gasteiger partial charge in [0, 0.05) is 66.5 Å². The molecule has 30 heavy (non-hydrogen) atoms. The molecule has 6 nitrogen and oxygen atoms in total. The smallest absolute Gasteiger partial charge is 0.263 e. The molecule has 0 saturated carbocycles. The highest BCUT2D eigenvalue weighted by Crippen LogP contribution is 2.43. The number of fused-ring (bicyclic) bond motifs is 2. The van der Waals surface area contributed by atoms with E-state index in [1.54, 1.807) is 6.20 Å². The van der Waals surface area contributed by atoms with Crippen molar-refractivity contribution in [3.63, 3.8) is 0 Å². The Balaban J connectivity index is 1.29. The first-order valence-electron chi connectivity index (χ1n) is 10.5. The molecule has 2 N–H and O–H groups in total. The van der Waals surface area contributed by atoms with Gasteiger partial charge in [0.15, 0.2) is 6.10 Å². The number of rotatable bonds is 2. The van der Waals surface area contributed by atoms with Gasteiger partial charge in [-0.3, -0.25) is 4.79 Å². The molecule has 2 fully saturated rings. The maximum atomic E-state index is 13.2. The van der Waals surface area contributed by atoms with E-state index in [-0.39, 0.29) is 5.91 Å². The highest BCUT2D eigenvalue weighted by Gasteiger charge is 2.42. The van der Waals surface area contributed by atoms with E-state index in [1.807, 2.05) is 35.4 Å². The molecule has 1 spiro atoms. The van der Waals surface area contributed by atoms with Crippen LogP contribution in [0.5, 0.6) is 5.75 Å². The Hall–Kier alpha value is -2.57. The lowest BCUT2D eigenvalue weighted by Gasteiger charge is -2.48. The number of carbonyl (C=O) groups is 1. The number of carbonyl (C=O) groups excluding carboxylic acids is 1. The minimum absolute atomic E-state index is 0.0944. The number of hydrogen-bond donors (Lipinski definition) is 2. The molecule has 2 aromatic heterocycles. The van der Waals surface area contributed by atoms with Gasteiger partial charge >= 0.3 is 0 Å². The number of aromatic nitrogens is 2. The molecule has 3 aromatic rings. The van der Waals surface area contributed by atoms with E-state index in [9.17, 15) is 4.79 Å². The van der Waals surface area contributed by atoms with Gasteiger partial charge in [0.2, 0.25) is 0 Å². The maximum absolute atomic E-state index is 13.2. The summed E-state index contributed by atoms with van der Waals surface area (Å²) >= 11 is 6.45. The molecule has 1 amide bonds. The molecule has 7 heteroatoms. The highest BCUT2D eigenvalue weighted by atomic mass is 35.5. The monoisotopic (exact) mass is 422 g/mol. The topological polar surface area (TPSA) is 70.2 Å². The summed E-state index contributed by atoms with van der Waals surface area (Å²) in [5, 5.41) is 5.03. The highest BCUT2D eigenvalue weighted by molar-refractivity contribution is 6.31. The summed E-state index contributed by atoms with van der Waals surface area (Å²) in [6, 6.07) is 7.82. The van der Waals surface area contributed by atoms with Crippen LogP contribution in [0.3, 0.4) is 0 Å².